The number of anilines is 1. The summed E-state index contributed by atoms with van der Waals surface area (Å²) in [4.78, 5) is 12.1. The normalized spacial score (nSPS) is 10.6. The molecule has 1 heterocycles. The van der Waals surface area contributed by atoms with Crippen LogP contribution in [0.2, 0.25) is 0 Å². The maximum absolute atomic E-state index is 13.5. The molecule has 112 valence electrons. The van der Waals surface area contributed by atoms with Gasteiger partial charge in [0.2, 0.25) is 5.95 Å². The fourth-order valence-corrected chi connectivity index (χ4v) is 1.50. The zero-order valence-corrected chi connectivity index (χ0v) is 12.3. The highest BCUT2D eigenvalue weighted by Gasteiger charge is 2.11. The van der Waals surface area contributed by atoms with Crippen molar-refractivity contribution in [1.29, 1.82) is 0 Å². The number of hydrogen-bond acceptors (Lipinski definition) is 6. The van der Waals surface area contributed by atoms with Crippen LogP contribution in [0.5, 0.6) is 17.8 Å². The van der Waals surface area contributed by atoms with Crippen LogP contribution in [0.3, 0.4) is 0 Å². The first-order chi connectivity index (χ1) is 9.97. The van der Waals surface area contributed by atoms with Crippen molar-refractivity contribution in [1.82, 2.24) is 15.0 Å². The van der Waals surface area contributed by atoms with Crippen molar-refractivity contribution >= 4 is 5.95 Å². The lowest BCUT2D eigenvalue weighted by molar-refractivity contribution is 0.218. The molecule has 1 N–H and O–H groups in total. The van der Waals surface area contributed by atoms with Gasteiger partial charge in [-0.2, -0.15) is 9.97 Å². The molecular weight excluding hydrogens is 275 g/mol. The van der Waals surface area contributed by atoms with Gasteiger partial charge in [-0.1, -0.05) is 6.07 Å². The maximum atomic E-state index is 13.5. The molecule has 21 heavy (non-hydrogen) atoms. The quantitative estimate of drug-likeness (QED) is 0.913. The predicted molar refractivity (Wildman–Crippen MR) is 76.3 cm³/mol. The molecule has 2 rings (SSSR count). The Labute approximate surface area is 122 Å². The minimum atomic E-state index is -0.353. The molecule has 0 radical (unpaired) electrons. The molecule has 0 fully saturated rings. The molecule has 2 aromatic rings. The molecule has 0 aliphatic heterocycles. The van der Waals surface area contributed by atoms with E-state index in [0.29, 0.717) is 17.3 Å². The van der Waals surface area contributed by atoms with E-state index in [4.69, 9.17) is 9.47 Å². The zero-order chi connectivity index (χ0) is 15.4. The number of rotatable bonds is 5. The summed E-state index contributed by atoms with van der Waals surface area (Å²) in [6.45, 7) is 5.40. The summed E-state index contributed by atoms with van der Waals surface area (Å²) in [6, 6.07) is 4.72. The molecule has 6 nitrogen and oxygen atoms in total. The number of aryl methyl sites for hydroxylation is 1. The van der Waals surface area contributed by atoms with Crippen molar-refractivity contribution in [2.24, 2.45) is 0 Å². The van der Waals surface area contributed by atoms with Gasteiger partial charge in [-0.05, 0) is 32.4 Å². The van der Waals surface area contributed by atoms with Crippen molar-refractivity contribution < 1.29 is 13.9 Å². The first kappa shape index (κ1) is 15.0. The second-order valence-electron chi connectivity index (χ2n) is 4.65. The molecule has 1 aromatic carbocycles. The van der Waals surface area contributed by atoms with E-state index in [0.717, 1.165) is 0 Å². The number of ether oxygens (including phenoxy) is 2. The molecule has 0 unspecified atom stereocenters. The SMILES string of the molecule is CNc1nc(Oc2ccc(C)c(F)c2)nc(OC(C)C)n1. The lowest BCUT2D eigenvalue weighted by Gasteiger charge is -2.10. The average Bonchev–Trinajstić information content (AvgIpc) is 2.42. The van der Waals surface area contributed by atoms with E-state index >= 15 is 0 Å². The molecule has 0 atom stereocenters. The zero-order valence-electron chi connectivity index (χ0n) is 12.3. The van der Waals surface area contributed by atoms with E-state index in [2.05, 4.69) is 20.3 Å². The molecule has 7 heteroatoms. The van der Waals surface area contributed by atoms with Crippen LogP contribution in [0.15, 0.2) is 18.2 Å². The van der Waals surface area contributed by atoms with Crippen LogP contribution in [0, 0.1) is 12.7 Å². The van der Waals surface area contributed by atoms with Crippen LogP contribution in [-0.4, -0.2) is 28.1 Å². The second-order valence-corrected chi connectivity index (χ2v) is 4.65. The topological polar surface area (TPSA) is 69.2 Å². The van der Waals surface area contributed by atoms with Gasteiger partial charge < -0.3 is 14.8 Å². The molecular formula is C14H17FN4O2. The minimum Gasteiger partial charge on any atom is -0.461 e. The van der Waals surface area contributed by atoms with Crippen LogP contribution in [0.25, 0.3) is 0 Å². The number of hydrogen-bond donors (Lipinski definition) is 1. The maximum Gasteiger partial charge on any atom is 0.330 e. The highest BCUT2D eigenvalue weighted by atomic mass is 19.1. The van der Waals surface area contributed by atoms with Gasteiger partial charge in [-0.25, -0.2) is 4.39 Å². The highest BCUT2D eigenvalue weighted by molar-refractivity contribution is 5.32. The molecule has 0 saturated carbocycles. The molecule has 1 aromatic heterocycles. The summed E-state index contributed by atoms with van der Waals surface area (Å²) >= 11 is 0. The predicted octanol–water partition coefficient (Wildman–Crippen LogP) is 2.94. The standard InChI is InChI=1S/C14H17FN4O2/c1-8(2)20-13-17-12(16-4)18-14(19-13)21-10-6-5-9(3)11(15)7-10/h5-8H,1-4H3,(H,16,17,18,19). The number of benzene rings is 1. The third-order valence-electron chi connectivity index (χ3n) is 2.51. The van der Waals surface area contributed by atoms with Gasteiger partial charge in [0.1, 0.15) is 11.6 Å². The van der Waals surface area contributed by atoms with Crippen LogP contribution in [0.1, 0.15) is 19.4 Å². The fraction of sp³-hybridized carbons (Fsp3) is 0.357. The van der Waals surface area contributed by atoms with Gasteiger partial charge >= 0.3 is 12.0 Å². The van der Waals surface area contributed by atoms with Crippen molar-refractivity contribution in [3.05, 3.63) is 29.6 Å². The Morgan fingerprint density at radius 3 is 2.48 bits per heavy atom. The van der Waals surface area contributed by atoms with Gasteiger partial charge in [0.05, 0.1) is 6.10 Å². The van der Waals surface area contributed by atoms with Gasteiger partial charge in [-0.3, -0.25) is 0 Å². The number of aromatic nitrogens is 3. The van der Waals surface area contributed by atoms with E-state index in [1.807, 2.05) is 13.8 Å². The molecule has 0 spiro atoms. The van der Waals surface area contributed by atoms with E-state index < -0.39 is 0 Å². The van der Waals surface area contributed by atoms with Crippen molar-refractivity contribution in [2.75, 3.05) is 12.4 Å². The van der Waals surface area contributed by atoms with Crippen molar-refractivity contribution in [3.8, 4) is 17.8 Å². The van der Waals surface area contributed by atoms with E-state index in [-0.39, 0.29) is 23.9 Å². The first-order valence-corrected chi connectivity index (χ1v) is 6.52. The molecule has 0 aliphatic rings. The lowest BCUT2D eigenvalue weighted by atomic mass is 10.2. The van der Waals surface area contributed by atoms with E-state index in [9.17, 15) is 4.39 Å². The summed E-state index contributed by atoms with van der Waals surface area (Å²) in [6.07, 6.45) is -0.0817. The molecule has 0 bridgehead atoms. The van der Waals surface area contributed by atoms with Crippen molar-refractivity contribution in [3.63, 3.8) is 0 Å². The van der Waals surface area contributed by atoms with Gasteiger partial charge in [0, 0.05) is 13.1 Å². The Balaban J connectivity index is 2.27. The lowest BCUT2D eigenvalue weighted by Crippen LogP contribution is -2.11. The monoisotopic (exact) mass is 292 g/mol. The first-order valence-electron chi connectivity index (χ1n) is 6.52. The summed E-state index contributed by atoms with van der Waals surface area (Å²) in [5.74, 6) is 0.263. The van der Waals surface area contributed by atoms with E-state index in [1.54, 1.807) is 26.1 Å². The number of nitrogens with zero attached hydrogens (tertiary/aromatic N) is 3. The van der Waals surface area contributed by atoms with Gasteiger partial charge in [0.25, 0.3) is 0 Å². The summed E-state index contributed by atoms with van der Waals surface area (Å²) in [7, 11) is 1.67. The van der Waals surface area contributed by atoms with Crippen molar-refractivity contribution in [2.45, 2.75) is 26.9 Å². The van der Waals surface area contributed by atoms with Gasteiger partial charge in [-0.15, -0.1) is 4.98 Å². The second kappa shape index (κ2) is 6.34. The summed E-state index contributed by atoms with van der Waals surface area (Å²) < 4.78 is 24.4. The minimum absolute atomic E-state index is 0.0354. The molecule has 0 aliphatic carbocycles. The van der Waals surface area contributed by atoms with Crippen LogP contribution in [-0.2, 0) is 0 Å². The summed E-state index contributed by atoms with van der Waals surface area (Å²) in [5, 5.41) is 2.79. The van der Waals surface area contributed by atoms with Crippen LogP contribution < -0.4 is 14.8 Å². The van der Waals surface area contributed by atoms with Gasteiger partial charge in [0.15, 0.2) is 0 Å². The molecule has 0 saturated heterocycles. The van der Waals surface area contributed by atoms with Crippen LogP contribution >= 0.6 is 0 Å². The Morgan fingerprint density at radius 1 is 1.14 bits per heavy atom. The molecule has 0 amide bonds. The van der Waals surface area contributed by atoms with Crippen LogP contribution in [0.4, 0.5) is 10.3 Å². The Hall–Kier alpha value is -2.44. The summed E-state index contributed by atoms with van der Waals surface area (Å²) in [5.41, 5.74) is 0.540. The number of halogens is 1. The number of nitrogens with one attached hydrogen (secondary N) is 1. The highest BCUT2D eigenvalue weighted by Crippen LogP contribution is 2.22. The Kier molecular flexibility index (Phi) is 4.52. The smallest absolute Gasteiger partial charge is 0.330 e. The third kappa shape index (κ3) is 4.01. The largest absolute Gasteiger partial charge is 0.461 e. The average molecular weight is 292 g/mol. The Bertz CT molecular complexity index is 634. The Morgan fingerprint density at radius 2 is 1.86 bits per heavy atom. The third-order valence-corrected chi connectivity index (χ3v) is 2.51. The fourth-order valence-electron chi connectivity index (χ4n) is 1.50. The van der Waals surface area contributed by atoms with E-state index in [1.165, 1.54) is 6.07 Å².